The highest BCUT2D eigenvalue weighted by Crippen LogP contribution is 2.32. The molecule has 2 atom stereocenters. The van der Waals surface area contributed by atoms with E-state index in [0.29, 0.717) is 0 Å². The van der Waals surface area contributed by atoms with E-state index in [-0.39, 0.29) is 12.5 Å². The van der Waals surface area contributed by atoms with E-state index in [1.54, 1.807) is 40.8 Å². The third-order valence-corrected chi connectivity index (χ3v) is 6.25. The second kappa shape index (κ2) is 12.3. The van der Waals surface area contributed by atoms with Gasteiger partial charge in [0.05, 0.1) is 23.7 Å². The summed E-state index contributed by atoms with van der Waals surface area (Å²) in [4.78, 5) is 28.0. The van der Waals surface area contributed by atoms with Gasteiger partial charge in [0.1, 0.15) is 16.3 Å². The first-order valence-electron chi connectivity index (χ1n) is 11.1. The molecule has 2 amide bonds. The smallest absolute Gasteiger partial charge is 0.408 e. The first-order chi connectivity index (χ1) is 16.2. The van der Waals surface area contributed by atoms with Crippen LogP contribution in [0.1, 0.15) is 70.7 Å². The molecule has 35 heavy (non-hydrogen) atoms. The molecule has 0 aliphatic heterocycles. The monoisotopic (exact) mass is 547 g/mol. The maximum Gasteiger partial charge on any atom is 0.408 e. The van der Waals surface area contributed by atoms with Gasteiger partial charge in [0.15, 0.2) is 4.84 Å². The maximum absolute atomic E-state index is 13.2. The summed E-state index contributed by atoms with van der Waals surface area (Å²) in [6, 6.07) is 7.17. The van der Waals surface area contributed by atoms with Crippen LogP contribution in [0.5, 0.6) is 0 Å². The van der Waals surface area contributed by atoms with E-state index in [4.69, 9.17) is 32.7 Å². The number of hydrogen-bond acceptors (Lipinski definition) is 6. The molecule has 0 saturated heterocycles. The zero-order chi connectivity index (χ0) is 26.4. The Morgan fingerprint density at radius 2 is 1.77 bits per heavy atom. The van der Waals surface area contributed by atoms with E-state index in [9.17, 15) is 14.0 Å². The van der Waals surface area contributed by atoms with Gasteiger partial charge >= 0.3 is 6.09 Å². The van der Waals surface area contributed by atoms with Crippen LogP contribution in [0.15, 0.2) is 30.5 Å². The fourth-order valence-corrected chi connectivity index (χ4v) is 4.19. The Labute approximate surface area is 219 Å². The number of thiazole rings is 1. The first-order valence-corrected chi connectivity index (χ1v) is 12.8. The molecule has 0 aliphatic carbocycles. The number of carbonyl (C=O) groups is 2. The van der Waals surface area contributed by atoms with Gasteiger partial charge < -0.3 is 20.1 Å². The molecule has 1 aromatic carbocycles. The molecule has 1 aromatic heterocycles. The van der Waals surface area contributed by atoms with Gasteiger partial charge in [-0.2, -0.15) is 0 Å². The average Bonchev–Trinajstić information content (AvgIpc) is 3.22. The molecule has 0 saturated carbocycles. The molecule has 0 spiro atoms. The lowest BCUT2D eigenvalue weighted by molar-refractivity contribution is -0.137. The average molecular weight is 549 g/mol. The Balaban J connectivity index is 2.10. The molecule has 2 N–H and O–H groups in total. The van der Waals surface area contributed by atoms with E-state index >= 15 is 0 Å². The summed E-state index contributed by atoms with van der Waals surface area (Å²) >= 11 is 12.7. The molecule has 1 unspecified atom stereocenters. The van der Waals surface area contributed by atoms with Gasteiger partial charge in [0.2, 0.25) is 0 Å². The molecule has 0 radical (unpaired) electrons. The summed E-state index contributed by atoms with van der Waals surface area (Å²) < 4.78 is 24.5. The summed E-state index contributed by atoms with van der Waals surface area (Å²) in [6.07, 6.45) is 0.758. The number of nitrogens with zero attached hydrogens (tertiary/aromatic N) is 1. The summed E-state index contributed by atoms with van der Waals surface area (Å²) in [5.41, 5.74) is -0.0187. The molecule has 2 aromatic rings. The fraction of sp³-hybridized carbons (Fsp3) is 0.542. The minimum atomic E-state index is -1.23. The van der Waals surface area contributed by atoms with Crippen LogP contribution in [-0.2, 0) is 14.3 Å². The van der Waals surface area contributed by atoms with Crippen LogP contribution in [0.25, 0.3) is 10.4 Å². The number of halogens is 3. The number of alkyl halides is 3. The molecular weight excluding hydrogens is 516 g/mol. The predicted molar refractivity (Wildman–Crippen MR) is 137 cm³/mol. The number of aromatic nitrogens is 1. The minimum Gasteiger partial charge on any atom is -0.444 e. The standard InChI is InChI=1S/C24H32Cl2FN3O4S/c1-14(29-22(32)34-23(2,3)4)21-28-13-18(35-21)16-9-7-15(8-10-16)17(11-12-27)33-24(5,6)30-20(31)19(25)26/h7-10,13-14,17,19H,11-12H2,1-6H3,(H,29,32)(H,30,31)/t14?,17-/m0/s1. The van der Waals surface area contributed by atoms with Crippen LogP contribution in [0.2, 0.25) is 0 Å². The van der Waals surface area contributed by atoms with E-state index in [2.05, 4.69) is 15.6 Å². The van der Waals surface area contributed by atoms with Crippen molar-refractivity contribution in [2.75, 3.05) is 6.67 Å². The third kappa shape index (κ3) is 9.56. The van der Waals surface area contributed by atoms with Gasteiger partial charge in [0.25, 0.3) is 5.91 Å². The van der Waals surface area contributed by atoms with Gasteiger partial charge in [-0.05, 0) is 52.7 Å². The highest BCUT2D eigenvalue weighted by Gasteiger charge is 2.28. The zero-order valence-corrected chi connectivity index (χ0v) is 23.0. The highest BCUT2D eigenvalue weighted by molar-refractivity contribution is 7.15. The topological polar surface area (TPSA) is 89.6 Å². The van der Waals surface area contributed by atoms with Crippen LogP contribution in [-0.4, -0.2) is 39.8 Å². The summed E-state index contributed by atoms with van der Waals surface area (Å²) in [6.45, 7) is 9.95. The number of carbonyl (C=O) groups excluding carboxylic acids is 2. The Kier molecular flexibility index (Phi) is 10.3. The van der Waals surface area contributed by atoms with Crippen LogP contribution in [0.3, 0.4) is 0 Å². The quantitative estimate of drug-likeness (QED) is 0.263. The van der Waals surface area contributed by atoms with Gasteiger partial charge in [-0.3, -0.25) is 9.18 Å². The van der Waals surface area contributed by atoms with E-state index in [1.165, 1.54) is 11.3 Å². The number of benzene rings is 1. The SMILES string of the molecule is CC(NC(=O)OC(C)(C)C)c1ncc(-c2ccc([C@H](CCF)OC(C)(C)NC(=O)C(Cl)Cl)cc2)s1. The maximum atomic E-state index is 13.2. The Bertz CT molecular complexity index is 993. The lowest BCUT2D eigenvalue weighted by Gasteiger charge is -2.32. The van der Waals surface area contributed by atoms with Crippen molar-refractivity contribution in [1.29, 1.82) is 0 Å². The molecule has 0 bridgehead atoms. The first kappa shape index (κ1) is 29.3. The third-order valence-electron chi connectivity index (χ3n) is 4.62. The molecule has 1 heterocycles. The predicted octanol–water partition coefficient (Wildman–Crippen LogP) is 6.47. The lowest BCUT2D eigenvalue weighted by Crippen LogP contribution is -2.48. The van der Waals surface area contributed by atoms with Crippen molar-refractivity contribution in [1.82, 2.24) is 15.6 Å². The number of nitrogens with one attached hydrogen (secondary N) is 2. The van der Waals surface area contributed by atoms with Crippen molar-refractivity contribution in [3.05, 3.63) is 41.0 Å². The van der Waals surface area contributed by atoms with Gasteiger partial charge in [-0.1, -0.05) is 47.5 Å². The molecule has 194 valence electrons. The van der Waals surface area contributed by atoms with Crippen molar-refractivity contribution in [2.45, 2.75) is 76.3 Å². The van der Waals surface area contributed by atoms with Crippen LogP contribution >= 0.6 is 34.5 Å². The largest absolute Gasteiger partial charge is 0.444 e. The van der Waals surface area contributed by atoms with E-state index in [1.807, 2.05) is 31.2 Å². The van der Waals surface area contributed by atoms with Crippen molar-refractivity contribution >= 4 is 46.5 Å². The summed E-state index contributed by atoms with van der Waals surface area (Å²) in [7, 11) is 0. The molecule has 11 heteroatoms. The fourth-order valence-electron chi connectivity index (χ4n) is 3.16. The highest BCUT2D eigenvalue weighted by atomic mass is 35.5. The Hall–Kier alpha value is -1.94. The van der Waals surface area contributed by atoms with Crippen molar-refractivity contribution in [3.63, 3.8) is 0 Å². The molecule has 2 rings (SSSR count). The molecular formula is C24H32Cl2FN3O4S. The second-order valence-electron chi connectivity index (χ2n) is 9.44. The number of amides is 2. The second-order valence-corrected chi connectivity index (χ2v) is 11.6. The molecule has 0 fully saturated rings. The summed E-state index contributed by atoms with van der Waals surface area (Å²) in [5.74, 6) is -0.593. The van der Waals surface area contributed by atoms with Crippen LogP contribution in [0, 0.1) is 0 Å². The molecule has 0 aliphatic rings. The van der Waals surface area contributed by atoms with Gasteiger partial charge in [-0.25, -0.2) is 9.78 Å². The zero-order valence-electron chi connectivity index (χ0n) is 20.7. The Morgan fingerprint density at radius 3 is 2.31 bits per heavy atom. The number of alkyl carbamates (subject to hydrolysis) is 1. The van der Waals surface area contributed by atoms with Crippen LogP contribution in [0.4, 0.5) is 9.18 Å². The normalized spacial score (nSPS) is 13.9. The van der Waals surface area contributed by atoms with Crippen molar-refractivity contribution in [2.24, 2.45) is 0 Å². The van der Waals surface area contributed by atoms with E-state index < -0.39 is 40.9 Å². The van der Waals surface area contributed by atoms with Gasteiger partial charge in [-0.15, -0.1) is 11.3 Å². The van der Waals surface area contributed by atoms with Crippen LogP contribution < -0.4 is 10.6 Å². The van der Waals surface area contributed by atoms with Crippen molar-refractivity contribution < 1.29 is 23.5 Å². The number of rotatable bonds is 10. The number of hydrogen-bond donors (Lipinski definition) is 2. The summed E-state index contributed by atoms with van der Waals surface area (Å²) in [5, 5.41) is 6.12. The molecule has 7 nitrogen and oxygen atoms in total. The lowest BCUT2D eigenvalue weighted by atomic mass is 10.0. The van der Waals surface area contributed by atoms with E-state index in [0.717, 1.165) is 21.0 Å². The minimum absolute atomic E-state index is 0.113. The number of ether oxygens (including phenoxy) is 2. The van der Waals surface area contributed by atoms with Crippen molar-refractivity contribution in [3.8, 4) is 10.4 Å². The Morgan fingerprint density at radius 1 is 1.14 bits per heavy atom. The van der Waals surface area contributed by atoms with Gasteiger partial charge in [0, 0.05) is 12.6 Å².